The first-order valence-electron chi connectivity index (χ1n) is 8.14. The van der Waals surface area contributed by atoms with Crippen LogP contribution < -0.4 is 0 Å². The molecule has 0 radical (unpaired) electrons. The predicted molar refractivity (Wildman–Crippen MR) is 92.5 cm³/mol. The van der Waals surface area contributed by atoms with E-state index in [-0.39, 0.29) is 5.60 Å². The Labute approximate surface area is 127 Å². The van der Waals surface area contributed by atoms with Crippen molar-refractivity contribution in [1.82, 2.24) is 0 Å². The fourth-order valence-electron chi connectivity index (χ4n) is 1.85. The lowest BCUT2D eigenvalue weighted by atomic mass is 9.98. The van der Waals surface area contributed by atoms with Gasteiger partial charge in [0.15, 0.2) is 0 Å². The Morgan fingerprint density at radius 1 is 1.00 bits per heavy atom. The highest BCUT2D eigenvalue weighted by atomic mass is 16.5. The first-order valence-corrected chi connectivity index (χ1v) is 8.14. The van der Waals surface area contributed by atoms with Gasteiger partial charge in [0.2, 0.25) is 0 Å². The van der Waals surface area contributed by atoms with E-state index in [1.165, 1.54) is 30.4 Å². The summed E-state index contributed by atoms with van der Waals surface area (Å²) in [5.41, 5.74) is 2.84. The predicted octanol–water partition coefficient (Wildman–Crippen LogP) is 6.19. The van der Waals surface area contributed by atoms with Crippen molar-refractivity contribution in [2.24, 2.45) is 0 Å². The number of hydrogen-bond donors (Lipinski definition) is 0. The molecule has 0 atom stereocenters. The fraction of sp³-hybridized carbons (Fsp3) is 0.684. The fourth-order valence-corrected chi connectivity index (χ4v) is 1.85. The maximum Gasteiger partial charge on any atom is 0.0622 e. The van der Waals surface area contributed by atoms with Crippen molar-refractivity contribution in [2.75, 3.05) is 7.11 Å². The van der Waals surface area contributed by atoms with Gasteiger partial charge in [-0.15, -0.1) is 0 Å². The van der Waals surface area contributed by atoms with Gasteiger partial charge in [-0.25, -0.2) is 0 Å². The Kier molecular flexibility index (Phi) is 14.2. The number of hydrogen-bond acceptors (Lipinski definition) is 1. The van der Waals surface area contributed by atoms with Crippen LogP contribution in [-0.2, 0) is 11.2 Å². The molecule has 0 N–H and O–H groups in total. The van der Waals surface area contributed by atoms with Crippen LogP contribution in [0.5, 0.6) is 0 Å². The van der Waals surface area contributed by atoms with E-state index in [1.54, 1.807) is 7.11 Å². The molecule has 20 heavy (non-hydrogen) atoms. The maximum atomic E-state index is 5.41. The normalized spacial score (nSPS) is 10.0. The van der Waals surface area contributed by atoms with Gasteiger partial charge in [0, 0.05) is 7.11 Å². The summed E-state index contributed by atoms with van der Waals surface area (Å²) >= 11 is 0. The topological polar surface area (TPSA) is 9.23 Å². The monoisotopic (exact) mass is 280 g/mol. The molecule has 1 nitrogen and oxygen atoms in total. The second-order valence-corrected chi connectivity index (χ2v) is 5.16. The lowest BCUT2D eigenvalue weighted by Gasteiger charge is -2.22. The quantitative estimate of drug-likeness (QED) is 0.565. The second kappa shape index (κ2) is 13.2. The average molecular weight is 280 g/mol. The summed E-state index contributed by atoms with van der Waals surface area (Å²) in [6.07, 6.45) is 4.79. The third-order valence-corrected chi connectivity index (χ3v) is 3.13. The van der Waals surface area contributed by atoms with E-state index in [1.807, 2.05) is 27.7 Å². The van der Waals surface area contributed by atoms with Gasteiger partial charge in [-0.3, -0.25) is 0 Å². The minimum Gasteiger partial charge on any atom is -0.379 e. The van der Waals surface area contributed by atoms with Gasteiger partial charge in [-0.2, -0.15) is 0 Å². The minimum absolute atomic E-state index is 0.0343. The summed E-state index contributed by atoms with van der Waals surface area (Å²) in [5, 5.41) is 0. The van der Waals surface area contributed by atoms with Gasteiger partial charge in [-0.05, 0) is 45.6 Å². The van der Waals surface area contributed by atoms with Crippen LogP contribution in [-0.4, -0.2) is 12.7 Å². The Morgan fingerprint density at radius 2 is 1.60 bits per heavy atom. The second-order valence-electron chi connectivity index (χ2n) is 5.16. The van der Waals surface area contributed by atoms with E-state index >= 15 is 0 Å². The SMILES string of the molecule is CC.CC.COC(C)(C)CCCCc1cccc(C)c1. The lowest BCUT2D eigenvalue weighted by Crippen LogP contribution is -2.21. The zero-order valence-corrected chi connectivity index (χ0v) is 15.0. The molecule has 1 heteroatoms. The zero-order valence-electron chi connectivity index (χ0n) is 15.0. The standard InChI is InChI=1S/C15H24O.2C2H6/c1-13-8-7-10-14(12-13)9-5-6-11-15(2,3)16-4;2*1-2/h7-8,10,12H,5-6,9,11H2,1-4H3;2*1-2H3. The number of aryl methyl sites for hydroxylation is 2. The van der Waals surface area contributed by atoms with Crippen LogP contribution in [0.15, 0.2) is 24.3 Å². The van der Waals surface area contributed by atoms with E-state index in [2.05, 4.69) is 45.0 Å². The molecule has 0 aliphatic heterocycles. The average Bonchev–Trinajstić information content (AvgIpc) is 2.48. The molecule has 118 valence electrons. The first-order chi connectivity index (χ1) is 9.53. The third-order valence-electron chi connectivity index (χ3n) is 3.13. The van der Waals surface area contributed by atoms with Gasteiger partial charge in [0.1, 0.15) is 0 Å². The molecular formula is C19H36O. The number of ether oxygens (including phenoxy) is 1. The van der Waals surface area contributed by atoms with Gasteiger partial charge in [-0.1, -0.05) is 63.9 Å². The van der Waals surface area contributed by atoms with Gasteiger partial charge in [0.05, 0.1) is 5.60 Å². The van der Waals surface area contributed by atoms with E-state index in [9.17, 15) is 0 Å². The van der Waals surface area contributed by atoms with Gasteiger partial charge >= 0.3 is 0 Å². The third kappa shape index (κ3) is 11.0. The van der Waals surface area contributed by atoms with Crippen molar-refractivity contribution >= 4 is 0 Å². The van der Waals surface area contributed by atoms with Crippen LogP contribution in [0.4, 0.5) is 0 Å². The molecule has 1 aromatic rings. The summed E-state index contributed by atoms with van der Waals surface area (Å²) in [6, 6.07) is 8.79. The highest BCUT2D eigenvalue weighted by molar-refractivity contribution is 5.22. The largest absolute Gasteiger partial charge is 0.379 e. The van der Waals surface area contributed by atoms with Crippen molar-refractivity contribution < 1.29 is 4.74 Å². The van der Waals surface area contributed by atoms with Crippen molar-refractivity contribution in [2.45, 2.75) is 79.8 Å². The molecule has 1 rings (SSSR count). The summed E-state index contributed by atoms with van der Waals surface area (Å²) < 4.78 is 5.41. The molecule has 0 saturated carbocycles. The molecule has 1 aromatic carbocycles. The Hall–Kier alpha value is -0.820. The summed E-state index contributed by atoms with van der Waals surface area (Å²) in [6.45, 7) is 14.5. The molecule has 0 bridgehead atoms. The van der Waals surface area contributed by atoms with E-state index < -0.39 is 0 Å². The van der Waals surface area contributed by atoms with E-state index in [0.717, 1.165) is 6.42 Å². The molecule has 0 unspecified atom stereocenters. The Balaban J connectivity index is 0. The van der Waals surface area contributed by atoms with E-state index in [4.69, 9.17) is 4.74 Å². The molecule has 0 fully saturated rings. The Bertz CT molecular complexity index is 315. The van der Waals surface area contributed by atoms with Gasteiger partial charge < -0.3 is 4.74 Å². The number of methoxy groups -OCH3 is 1. The lowest BCUT2D eigenvalue weighted by molar-refractivity contribution is 0.0135. The van der Waals surface area contributed by atoms with Crippen LogP contribution in [0.3, 0.4) is 0 Å². The summed E-state index contributed by atoms with van der Waals surface area (Å²) in [5.74, 6) is 0. The summed E-state index contributed by atoms with van der Waals surface area (Å²) in [7, 11) is 1.79. The van der Waals surface area contributed by atoms with Crippen molar-refractivity contribution in [1.29, 1.82) is 0 Å². The van der Waals surface area contributed by atoms with Crippen LogP contribution in [0.25, 0.3) is 0 Å². The number of unbranched alkanes of at least 4 members (excludes halogenated alkanes) is 1. The van der Waals surface area contributed by atoms with Crippen LogP contribution in [0.2, 0.25) is 0 Å². The molecule has 0 spiro atoms. The zero-order chi connectivity index (χ0) is 16.0. The first kappa shape index (κ1) is 21.5. The van der Waals surface area contributed by atoms with Crippen molar-refractivity contribution in [3.05, 3.63) is 35.4 Å². The molecule has 0 heterocycles. The highest BCUT2D eigenvalue weighted by Crippen LogP contribution is 2.18. The maximum absolute atomic E-state index is 5.41. The molecular weight excluding hydrogens is 244 g/mol. The minimum atomic E-state index is 0.0343. The van der Waals surface area contributed by atoms with Crippen LogP contribution >= 0.6 is 0 Å². The molecule has 0 aromatic heterocycles. The summed E-state index contributed by atoms with van der Waals surface area (Å²) in [4.78, 5) is 0. The Morgan fingerprint density at radius 3 is 2.10 bits per heavy atom. The van der Waals surface area contributed by atoms with Crippen molar-refractivity contribution in [3.8, 4) is 0 Å². The van der Waals surface area contributed by atoms with Crippen LogP contribution in [0.1, 0.15) is 71.9 Å². The molecule has 0 saturated heterocycles. The van der Waals surface area contributed by atoms with E-state index in [0.29, 0.717) is 0 Å². The highest BCUT2D eigenvalue weighted by Gasteiger charge is 2.14. The molecule has 0 aliphatic carbocycles. The molecule has 0 aliphatic rings. The number of benzene rings is 1. The van der Waals surface area contributed by atoms with Gasteiger partial charge in [0.25, 0.3) is 0 Å². The van der Waals surface area contributed by atoms with Crippen LogP contribution in [0, 0.1) is 6.92 Å². The smallest absolute Gasteiger partial charge is 0.0622 e. The number of rotatable bonds is 6. The molecule has 0 amide bonds. The van der Waals surface area contributed by atoms with Crippen molar-refractivity contribution in [3.63, 3.8) is 0 Å².